The molecule has 2 atom stereocenters. The average molecular weight is 228 g/mol. The molecule has 1 aliphatic rings. The minimum Gasteiger partial charge on any atom is -0.379 e. The van der Waals surface area contributed by atoms with Crippen LogP contribution >= 0.6 is 0 Å². The molecule has 0 aliphatic carbocycles. The van der Waals surface area contributed by atoms with Crippen LogP contribution in [-0.2, 0) is 4.74 Å². The van der Waals surface area contributed by atoms with Gasteiger partial charge in [-0.3, -0.25) is 0 Å². The fraction of sp³-hybridized carbons (Fsp3) is 1.00. The van der Waals surface area contributed by atoms with E-state index >= 15 is 0 Å². The van der Waals surface area contributed by atoms with Crippen LogP contribution in [0.2, 0.25) is 0 Å². The first-order valence-corrected chi connectivity index (χ1v) is 6.43. The lowest BCUT2D eigenvalue weighted by Gasteiger charge is -2.34. The van der Waals surface area contributed by atoms with Gasteiger partial charge in [0.15, 0.2) is 0 Å². The van der Waals surface area contributed by atoms with Gasteiger partial charge in [0.1, 0.15) is 0 Å². The fourth-order valence-electron chi connectivity index (χ4n) is 2.58. The molecular weight excluding hydrogens is 200 g/mol. The van der Waals surface area contributed by atoms with Crippen LogP contribution < -0.4 is 5.32 Å². The minimum absolute atomic E-state index is 0.0208. The highest BCUT2D eigenvalue weighted by molar-refractivity contribution is 4.82. The Morgan fingerprint density at radius 2 is 2.19 bits per heavy atom. The van der Waals surface area contributed by atoms with Crippen molar-refractivity contribution in [1.82, 2.24) is 10.2 Å². The number of nitrogens with one attached hydrogen (secondary N) is 1. The smallest absolute Gasteiger partial charge is 0.0637 e. The molecule has 1 rings (SSSR count). The van der Waals surface area contributed by atoms with E-state index in [1.54, 1.807) is 7.11 Å². The molecule has 2 unspecified atom stereocenters. The van der Waals surface area contributed by atoms with Crippen molar-refractivity contribution in [2.45, 2.75) is 57.7 Å². The van der Waals surface area contributed by atoms with Crippen LogP contribution in [0, 0.1) is 0 Å². The third-order valence-corrected chi connectivity index (χ3v) is 3.50. The van der Waals surface area contributed by atoms with Crippen molar-refractivity contribution < 1.29 is 4.74 Å². The van der Waals surface area contributed by atoms with E-state index in [9.17, 15) is 0 Å². The molecule has 0 aromatic rings. The second kappa shape index (κ2) is 5.99. The number of hydrogen-bond acceptors (Lipinski definition) is 3. The zero-order valence-electron chi connectivity index (χ0n) is 11.5. The number of nitrogens with zero attached hydrogens (tertiary/aromatic N) is 1. The van der Waals surface area contributed by atoms with Crippen molar-refractivity contribution in [1.29, 1.82) is 0 Å². The normalized spacial score (nSPS) is 25.7. The minimum atomic E-state index is -0.0208. The summed E-state index contributed by atoms with van der Waals surface area (Å²) < 4.78 is 5.47. The summed E-state index contributed by atoms with van der Waals surface area (Å²) in [4.78, 5) is 2.41. The molecule has 0 amide bonds. The SMILES string of the molecule is COC(C)(C)CC(C)NC1CCCN(C)C1. The lowest BCUT2D eigenvalue weighted by atomic mass is 9.98. The summed E-state index contributed by atoms with van der Waals surface area (Å²) in [5, 5.41) is 3.72. The van der Waals surface area contributed by atoms with Gasteiger partial charge in [-0.15, -0.1) is 0 Å². The number of methoxy groups -OCH3 is 1. The molecule has 0 spiro atoms. The van der Waals surface area contributed by atoms with Gasteiger partial charge in [0.25, 0.3) is 0 Å². The van der Waals surface area contributed by atoms with Gasteiger partial charge in [-0.1, -0.05) is 0 Å². The molecule has 0 aromatic heterocycles. The van der Waals surface area contributed by atoms with Gasteiger partial charge in [0, 0.05) is 25.7 Å². The summed E-state index contributed by atoms with van der Waals surface area (Å²) in [5.41, 5.74) is -0.0208. The largest absolute Gasteiger partial charge is 0.379 e. The lowest BCUT2D eigenvalue weighted by Crippen LogP contribution is -2.48. The first kappa shape index (κ1) is 13.9. The first-order chi connectivity index (χ1) is 7.43. The predicted molar refractivity (Wildman–Crippen MR) is 68.8 cm³/mol. The zero-order valence-corrected chi connectivity index (χ0v) is 11.5. The summed E-state index contributed by atoms with van der Waals surface area (Å²) in [6.45, 7) is 8.99. The van der Waals surface area contributed by atoms with E-state index in [0.29, 0.717) is 12.1 Å². The summed E-state index contributed by atoms with van der Waals surface area (Å²) in [6.07, 6.45) is 3.68. The van der Waals surface area contributed by atoms with E-state index in [2.05, 4.69) is 38.0 Å². The summed E-state index contributed by atoms with van der Waals surface area (Å²) in [7, 11) is 4.00. The van der Waals surface area contributed by atoms with Gasteiger partial charge in [0.2, 0.25) is 0 Å². The van der Waals surface area contributed by atoms with E-state index in [0.717, 1.165) is 6.42 Å². The molecule has 0 saturated carbocycles. The van der Waals surface area contributed by atoms with E-state index in [-0.39, 0.29) is 5.60 Å². The molecule has 0 bridgehead atoms. The fourth-order valence-corrected chi connectivity index (χ4v) is 2.58. The maximum Gasteiger partial charge on any atom is 0.0637 e. The summed E-state index contributed by atoms with van der Waals surface area (Å²) >= 11 is 0. The standard InChI is InChI=1S/C13H28N2O/c1-11(9-13(2,3)16-5)14-12-7-6-8-15(4)10-12/h11-12,14H,6-10H2,1-5H3. The molecule has 0 radical (unpaired) electrons. The van der Waals surface area contributed by atoms with Crippen LogP contribution in [-0.4, -0.2) is 49.8 Å². The van der Waals surface area contributed by atoms with Gasteiger partial charge in [-0.05, 0) is 53.6 Å². The molecule has 1 aliphatic heterocycles. The van der Waals surface area contributed by atoms with E-state index in [1.807, 2.05) is 0 Å². The van der Waals surface area contributed by atoms with Gasteiger partial charge >= 0.3 is 0 Å². The first-order valence-electron chi connectivity index (χ1n) is 6.43. The van der Waals surface area contributed by atoms with Crippen molar-refractivity contribution in [3.8, 4) is 0 Å². The van der Waals surface area contributed by atoms with Gasteiger partial charge in [-0.25, -0.2) is 0 Å². The molecule has 1 fully saturated rings. The van der Waals surface area contributed by atoms with Crippen LogP contribution in [0.3, 0.4) is 0 Å². The third-order valence-electron chi connectivity index (χ3n) is 3.50. The van der Waals surface area contributed by atoms with Crippen molar-refractivity contribution in [3.05, 3.63) is 0 Å². The number of piperidine rings is 1. The molecule has 96 valence electrons. The number of rotatable bonds is 5. The average Bonchev–Trinajstić information content (AvgIpc) is 2.16. The highest BCUT2D eigenvalue weighted by Crippen LogP contribution is 2.17. The third kappa shape index (κ3) is 4.81. The second-order valence-corrected chi connectivity index (χ2v) is 5.84. The number of ether oxygens (including phenoxy) is 1. The monoisotopic (exact) mass is 228 g/mol. The van der Waals surface area contributed by atoms with Gasteiger partial charge in [-0.2, -0.15) is 0 Å². The van der Waals surface area contributed by atoms with E-state index < -0.39 is 0 Å². The van der Waals surface area contributed by atoms with Crippen molar-refractivity contribution in [3.63, 3.8) is 0 Å². The van der Waals surface area contributed by atoms with E-state index in [1.165, 1.54) is 25.9 Å². The van der Waals surface area contributed by atoms with E-state index in [4.69, 9.17) is 4.74 Å². The molecule has 16 heavy (non-hydrogen) atoms. The number of likely N-dealkylation sites (tertiary alicyclic amines) is 1. The van der Waals surface area contributed by atoms with Crippen LogP contribution in [0.15, 0.2) is 0 Å². The molecular formula is C13H28N2O. The predicted octanol–water partition coefficient (Wildman–Crippen LogP) is 1.87. The Labute approximate surface area is 101 Å². The van der Waals surface area contributed by atoms with Crippen LogP contribution in [0.4, 0.5) is 0 Å². The highest BCUT2D eigenvalue weighted by atomic mass is 16.5. The Hall–Kier alpha value is -0.120. The zero-order chi connectivity index (χ0) is 12.2. The summed E-state index contributed by atoms with van der Waals surface area (Å²) in [5.74, 6) is 0. The Balaban J connectivity index is 2.30. The Morgan fingerprint density at radius 3 is 2.75 bits per heavy atom. The molecule has 3 nitrogen and oxygen atoms in total. The van der Waals surface area contributed by atoms with Crippen molar-refractivity contribution in [2.75, 3.05) is 27.2 Å². The van der Waals surface area contributed by atoms with Crippen LogP contribution in [0.5, 0.6) is 0 Å². The highest BCUT2D eigenvalue weighted by Gasteiger charge is 2.23. The maximum atomic E-state index is 5.47. The molecule has 1 heterocycles. The maximum absolute atomic E-state index is 5.47. The van der Waals surface area contributed by atoms with Crippen LogP contribution in [0.1, 0.15) is 40.0 Å². The molecule has 1 saturated heterocycles. The number of likely N-dealkylation sites (N-methyl/N-ethyl adjacent to an activating group) is 1. The van der Waals surface area contributed by atoms with Crippen molar-refractivity contribution in [2.24, 2.45) is 0 Å². The van der Waals surface area contributed by atoms with Gasteiger partial charge < -0.3 is 15.0 Å². The Bertz CT molecular complexity index is 206. The van der Waals surface area contributed by atoms with Crippen molar-refractivity contribution >= 4 is 0 Å². The lowest BCUT2D eigenvalue weighted by molar-refractivity contribution is 0.00688. The quantitative estimate of drug-likeness (QED) is 0.777. The Morgan fingerprint density at radius 1 is 1.50 bits per heavy atom. The van der Waals surface area contributed by atoms with Gasteiger partial charge in [0.05, 0.1) is 5.60 Å². The summed E-state index contributed by atoms with van der Waals surface area (Å²) in [6, 6.07) is 1.17. The van der Waals surface area contributed by atoms with Crippen LogP contribution in [0.25, 0.3) is 0 Å². The molecule has 1 N–H and O–H groups in total. The second-order valence-electron chi connectivity index (χ2n) is 5.84. The Kier molecular flexibility index (Phi) is 5.22. The molecule has 3 heteroatoms. The number of hydrogen-bond donors (Lipinski definition) is 1. The molecule has 0 aromatic carbocycles. The topological polar surface area (TPSA) is 24.5 Å².